The van der Waals surface area contributed by atoms with Gasteiger partial charge in [-0.05, 0) is 30.5 Å². The van der Waals surface area contributed by atoms with Crippen molar-refractivity contribution in [3.8, 4) is 0 Å². The van der Waals surface area contributed by atoms with Crippen molar-refractivity contribution in [2.24, 2.45) is 5.92 Å². The van der Waals surface area contributed by atoms with Crippen LogP contribution in [0.15, 0.2) is 18.2 Å². The predicted octanol–water partition coefficient (Wildman–Crippen LogP) is 0.876. The molecule has 0 spiro atoms. The van der Waals surface area contributed by atoms with Gasteiger partial charge in [-0.15, -0.1) is 0 Å². The van der Waals surface area contributed by atoms with Gasteiger partial charge in [-0.1, -0.05) is 0 Å². The fourth-order valence-electron chi connectivity index (χ4n) is 3.67. The summed E-state index contributed by atoms with van der Waals surface area (Å²) >= 11 is 0. The minimum atomic E-state index is -0.564. The van der Waals surface area contributed by atoms with Crippen LogP contribution in [0, 0.1) is 11.7 Å². The fraction of sp³-hybridized carbons (Fsp3) is 0.550. The standard InChI is InChI=1S/C20H27FN4O5/c1-13(26)22-9-16-11-25(20(28)30-16)15-3-4-18(17(21)7-15)24-6-5-14(10-24)8-23-19(27)12-29-2/h3-4,7,14,16H,5-6,8-12H2,1-2H3,(H,22,26)(H,23,27)/t14?,16-/m0/s1. The lowest BCUT2D eigenvalue weighted by molar-refractivity contribution is -0.125. The Morgan fingerprint density at radius 1 is 1.27 bits per heavy atom. The minimum absolute atomic E-state index is 0.0249. The molecule has 9 nitrogen and oxygen atoms in total. The second kappa shape index (κ2) is 9.75. The first kappa shape index (κ1) is 21.8. The van der Waals surface area contributed by atoms with Gasteiger partial charge >= 0.3 is 6.09 Å². The number of carbonyl (C=O) groups is 3. The maximum Gasteiger partial charge on any atom is 0.414 e. The van der Waals surface area contributed by atoms with Gasteiger partial charge in [0.05, 0.1) is 24.5 Å². The van der Waals surface area contributed by atoms with Gasteiger partial charge in [0.25, 0.3) is 0 Å². The van der Waals surface area contributed by atoms with Crippen molar-refractivity contribution in [2.75, 3.05) is 56.2 Å². The Bertz CT molecular complexity index is 805. The van der Waals surface area contributed by atoms with E-state index in [9.17, 15) is 18.8 Å². The Morgan fingerprint density at radius 2 is 2.07 bits per heavy atom. The van der Waals surface area contributed by atoms with Gasteiger partial charge in [0.15, 0.2) is 0 Å². The molecule has 0 radical (unpaired) electrons. The van der Waals surface area contributed by atoms with E-state index in [2.05, 4.69) is 10.6 Å². The van der Waals surface area contributed by atoms with Crippen LogP contribution in [0.5, 0.6) is 0 Å². The Morgan fingerprint density at radius 3 is 2.77 bits per heavy atom. The average Bonchev–Trinajstić information content (AvgIpc) is 3.31. The molecule has 0 saturated carbocycles. The highest BCUT2D eigenvalue weighted by Gasteiger charge is 2.33. The Balaban J connectivity index is 1.57. The Kier molecular flexibility index (Phi) is 7.09. The van der Waals surface area contributed by atoms with Crippen LogP contribution in [0.25, 0.3) is 0 Å². The van der Waals surface area contributed by atoms with Crippen LogP contribution in [-0.4, -0.2) is 70.5 Å². The van der Waals surface area contributed by atoms with E-state index >= 15 is 0 Å². The zero-order chi connectivity index (χ0) is 21.7. The molecule has 1 aromatic rings. The van der Waals surface area contributed by atoms with Gasteiger partial charge in [-0.25, -0.2) is 9.18 Å². The van der Waals surface area contributed by atoms with Crippen LogP contribution in [0.2, 0.25) is 0 Å². The maximum atomic E-state index is 14.8. The Hall–Kier alpha value is -2.88. The van der Waals surface area contributed by atoms with Crippen molar-refractivity contribution in [1.82, 2.24) is 10.6 Å². The molecule has 1 aromatic carbocycles. The topological polar surface area (TPSA) is 100 Å². The van der Waals surface area contributed by atoms with Crippen LogP contribution in [-0.2, 0) is 19.1 Å². The number of amides is 3. The predicted molar refractivity (Wildman–Crippen MR) is 108 cm³/mol. The summed E-state index contributed by atoms with van der Waals surface area (Å²) in [5, 5.41) is 5.43. The van der Waals surface area contributed by atoms with E-state index in [1.807, 2.05) is 4.90 Å². The number of ether oxygens (including phenoxy) is 2. The SMILES string of the molecule is COCC(=O)NCC1CCN(c2ccc(N3C[C@H](CNC(C)=O)OC3=O)cc2F)C1. The summed E-state index contributed by atoms with van der Waals surface area (Å²) in [5.74, 6) is -0.564. The summed E-state index contributed by atoms with van der Waals surface area (Å²) in [6.07, 6.45) is -0.195. The second-order valence-corrected chi connectivity index (χ2v) is 7.53. The molecule has 0 aromatic heterocycles. The molecule has 2 aliphatic rings. The number of carbonyl (C=O) groups excluding carboxylic acids is 3. The summed E-state index contributed by atoms with van der Waals surface area (Å²) in [4.78, 5) is 38.0. The second-order valence-electron chi connectivity index (χ2n) is 7.53. The van der Waals surface area contributed by atoms with Crippen LogP contribution in [0.3, 0.4) is 0 Å². The third kappa shape index (κ3) is 5.38. The van der Waals surface area contributed by atoms with Gasteiger partial charge in [0.2, 0.25) is 11.8 Å². The molecule has 3 amide bonds. The largest absolute Gasteiger partial charge is 0.442 e. The van der Waals surface area contributed by atoms with Crippen LogP contribution in [0.1, 0.15) is 13.3 Å². The van der Waals surface area contributed by atoms with Gasteiger partial charge < -0.3 is 25.0 Å². The molecule has 2 heterocycles. The van der Waals surface area contributed by atoms with Crippen molar-refractivity contribution >= 4 is 29.3 Å². The molecule has 164 valence electrons. The number of anilines is 2. The molecular formula is C20H27FN4O5. The first-order valence-corrected chi connectivity index (χ1v) is 9.90. The molecule has 2 atom stereocenters. The lowest BCUT2D eigenvalue weighted by atomic mass is 10.1. The third-order valence-corrected chi connectivity index (χ3v) is 5.19. The van der Waals surface area contributed by atoms with Crippen molar-refractivity contribution in [3.05, 3.63) is 24.0 Å². The highest BCUT2D eigenvalue weighted by molar-refractivity contribution is 5.90. The van der Waals surface area contributed by atoms with Crippen molar-refractivity contribution in [3.63, 3.8) is 0 Å². The van der Waals surface area contributed by atoms with Gasteiger partial charge in [0, 0.05) is 33.7 Å². The van der Waals surface area contributed by atoms with E-state index < -0.39 is 18.0 Å². The molecule has 30 heavy (non-hydrogen) atoms. The number of cyclic esters (lactones) is 1. The number of rotatable bonds is 8. The molecule has 1 unspecified atom stereocenters. The van der Waals surface area contributed by atoms with Crippen LogP contribution >= 0.6 is 0 Å². The summed E-state index contributed by atoms with van der Waals surface area (Å²) < 4.78 is 24.8. The number of hydrogen-bond acceptors (Lipinski definition) is 6. The zero-order valence-corrected chi connectivity index (χ0v) is 17.2. The fourth-order valence-corrected chi connectivity index (χ4v) is 3.67. The molecule has 2 N–H and O–H groups in total. The number of hydrogen-bond donors (Lipinski definition) is 2. The molecule has 0 aliphatic carbocycles. The summed E-state index contributed by atoms with van der Waals surface area (Å²) in [5.41, 5.74) is 0.876. The number of nitrogens with zero attached hydrogens (tertiary/aromatic N) is 2. The first-order valence-electron chi connectivity index (χ1n) is 9.90. The van der Waals surface area contributed by atoms with Gasteiger partial charge in [-0.3, -0.25) is 14.5 Å². The summed E-state index contributed by atoms with van der Waals surface area (Å²) in [7, 11) is 1.47. The van der Waals surface area contributed by atoms with Gasteiger partial charge in [-0.2, -0.15) is 0 Å². The molecule has 2 fully saturated rings. The number of halogens is 1. The lowest BCUT2D eigenvalue weighted by Crippen LogP contribution is -2.33. The third-order valence-electron chi connectivity index (χ3n) is 5.19. The molecule has 2 saturated heterocycles. The minimum Gasteiger partial charge on any atom is -0.442 e. The van der Waals surface area contributed by atoms with E-state index in [4.69, 9.17) is 9.47 Å². The van der Waals surface area contributed by atoms with Crippen molar-refractivity contribution < 1.29 is 28.2 Å². The van der Waals surface area contributed by atoms with E-state index in [1.165, 1.54) is 25.0 Å². The molecule has 10 heteroatoms. The summed E-state index contributed by atoms with van der Waals surface area (Å²) in [6, 6.07) is 4.67. The maximum absolute atomic E-state index is 14.8. The monoisotopic (exact) mass is 422 g/mol. The Labute approximate surface area is 174 Å². The quantitative estimate of drug-likeness (QED) is 0.645. The number of methoxy groups -OCH3 is 1. The van der Waals surface area contributed by atoms with Crippen molar-refractivity contribution in [2.45, 2.75) is 19.4 Å². The first-order chi connectivity index (χ1) is 14.4. The van der Waals surface area contributed by atoms with E-state index in [1.54, 1.807) is 12.1 Å². The van der Waals surface area contributed by atoms with E-state index in [0.29, 0.717) is 31.0 Å². The normalized spacial score (nSPS) is 21.0. The highest BCUT2D eigenvalue weighted by Crippen LogP contribution is 2.30. The molecule has 0 bridgehead atoms. The number of benzene rings is 1. The number of nitrogens with one attached hydrogen (secondary N) is 2. The zero-order valence-electron chi connectivity index (χ0n) is 17.2. The lowest BCUT2D eigenvalue weighted by Gasteiger charge is -2.21. The summed E-state index contributed by atoms with van der Waals surface area (Å²) in [6.45, 7) is 3.71. The average molecular weight is 422 g/mol. The van der Waals surface area contributed by atoms with Crippen LogP contribution < -0.4 is 20.4 Å². The van der Waals surface area contributed by atoms with Crippen LogP contribution in [0.4, 0.5) is 20.6 Å². The van der Waals surface area contributed by atoms with E-state index in [-0.39, 0.29) is 37.4 Å². The smallest absolute Gasteiger partial charge is 0.414 e. The van der Waals surface area contributed by atoms with Crippen molar-refractivity contribution in [1.29, 1.82) is 0 Å². The molecule has 2 aliphatic heterocycles. The van der Waals surface area contributed by atoms with E-state index in [0.717, 1.165) is 6.42 Å². The van der Waals surface area contributed by atoms with Gasteiger partial charge in [0.1, 0.15) is 18.5 Å². The highest BCUT2D eigenvalue weighted by atomic mass is 19.1. The molecule has 3 rings (SSSR count). The molecular weight excluding hydrogens is 395 g/mol.